The van der Waals surface area contributed by atoms with Crippen molar-refractivity contribution in [3.63, 3.8) is 0 Å². The maximum absolute atomic E-state index is 11.4. The first-order valence-corrected chi connectivity index (χ1v) is 10.4. The van der Waals surface area contributed by atoms with E-state index in [0.29, 0.717) is 37.0 Å². The average Bonchev–Trinajstić information content (AvgIpc) is 2.83. The minimum Gasteiger partial charge on any atom is -0.346 e. The Hall–Kier alpha value is -1.15. The Bertz CT molecular complexity index is 783. The molecule has 1 aromatic heterocycles. The molecule has 134 valence electrons. The van der Waals surface area contributed by atoms with Crippen LogP contribution in [0.1, 0.15) is 32.4 Å². The van der Waals surface area contributed by atoms with Crippen molar-refractivity contribution in [1.29, 1.82) is 0 Å². The summed E-state index contributed by atoms with van der Waals surface area (Å²) in [5, 5.41) is 0.596. The fraction of sp³-hybridized carbons (Fsp3) is 0.562. The van der Waals surface area contributed by atoms with Crippen LogP contribution in [0.15, 0.2) is 18.2 Å². The largest absolute Gasteiger partial charge is 0.346 e. The highest BCUT2D eigenvalue weighted by molar-refractivity contribution is 7.90. The fourth-order valence-electron chi connectivity index (χ4n) is 2.52. The zero-order valence-corrected chi connectivity index (χ0v) is 15.7. The molecule has 0 saturated carbocycles. The zero-order chi connectivity index (χ0) is 17.7. The van der Waals surface area contributed by atoms with Crippen molar-refractivity contribution in [3.8, 4) is 0 Å². The molecule has 2 rings (SSSR count). The molecule has 0 N–H and O–H groups in total. The van der Waals surface area contributed by atoms with Gasteiger partial charge in [-0.25, -0.2) is 13.4 Å². The molecule has 0 saturated heterocycles. The Kier molecular flexibility index (Phi) is 6.62. The number of nitrogens with zero attached hydrogens (tertiary/aromatic N) is 2. The summed E-state index contributed by atoms with van der Waals surface area (Å²) < 4.78 is 36.1. The van der Waals surface area contributed by atoms with Gasteiger partial charge in [-0.05, 0) is 38.5 Å². The fourth-order valence-corrected chi connectivity index (χ4v) is 3.34. The van der Waals surface area contributed by atoms with Crippen LogP contribution in [0.4, 0.5) is 0 Å². The van der Waals surface area contributed by atoms with E-state index in [1.807, 2.05) is 24.5 Å². The number of halogens is 1. The van der Waals surface area contributed by atoms with Crippen molar-refractivity contribution in [2.24, 2.45) is 0 Å². The highest BCUT2D eigenvalue weighted by atomic mass is 35.5. The van der Waals surface area contributed by atoms with Crippen LogP contribution in [0.2, 0.25) is 5.02 Å². The molecule has 2 aromatic rings. The Labute approximate surface area is 147 Å². The van der Waals surface area contributed by atoms with Gasteiger partial charge in [0.15, 0.2) is 5.82 Å². The number of benzene rings is 1. The molecule has 1 aromatic carbocycles. The lowest BCUT2D eigenvalue weighted by molar-refractivity contribution is -0.146. The summed E-state index contributed by atoms with van der Waals surface area (Å²) >= 11 is 6.06. The van der Waals surface area contributed by atoms with E-state index in [9.17, 15) is 8.42 Å². The van der Waals surface area contributed by atoms with E-state index in [0.717, 1.165) is 11.0 Å². The highest BCUT2D eigenvalue weighted by Gasteiger charge is 2.21. The number of aromatic nitrogens is 2. The third-order valence-electron chi connectivity index (χ3n) is 3.48. The van der Waals surface area contributed by atoms with E-state index in [1.54, 1.807) is 12.1 Å². The predicted octanol–water partition coefficient (Wildman–Crippen LogP) is 3.20. The number of imidazole rings is 1. The monoisotopic (exact) mass is 374 g/mol. The van der Waals surface area contributed by atoms with Gasteiger partial charge in [-0.3, -0.25) is 0 Å². The van der Waals surface area contributed by atoms with E-state index in [2.05, 4.69) is 4.98 Å². The molecule has 0 aliphatic carbocycles. The molecule has 0 radical (unpaired) electrons. The minimum absolute atomic E-state index is 0.119. The van der Waals surface area contributed by atoms with Gasteiger partial charge in [0.2, 0.25) is 6.29 Å². The van der Waals surface area contributed by atoms with Crippen molar-refractivity contribution in [1.82, 2.24) is 9.55 Å². The molecule has 8 heteroatoms. The number of ether oxygens (including phenoxy) is 2. The number of rotatable bonds is 9. The molecular formula is C16H23ClN2O4S. The Morgan fingerprint density at radius 3 is 2.50 bits per heavy atom. The smallest absolute Gasteiger partial charge is 0.217 e. The van der Waals surface area contributed by atoms with E-state index in [4.69, 9.17) is 21.1 Å². The zero-order valence-electron chi connectivity index (χ0n) is 14.2. The second-order valence-electron chi connectivity index (χ2n) is 5.48. The van der Waals surface area contributed by atoms with Crippen molar-refractivity contribution in [3.05, 3.63) is 29.0 Å². The van der Waals surface area contributed by atoms with Crippen LogP contribution in [0.5, 0.6) is 0 Å². The highest BCUT2D eigenvalue weighted by Crippen LogP contribution is 2.26. The summed E-state index contributed by atoms with van der Waals surface area (Å²) in [6.45, 7) is 5.26. The summed E-state index contributed by atoms with van der Waals surface area (Å²) in [7, 11) is -3.01. The lowest BCUT2D eigenvalue weighted by Crippen LogP contribution is -2.16. The molecule has 0 bridgehead atoms. The molecule has 0 aliphatic heterocycles. The molecule has 0 amide bonds. The van der Waals surface area contributed by atoms with Gasteiger partial charge in [0.1, 0.15) is 9.84 Å². The topological polar surface area (TPSA) is 70.4 Å². The molecule has 0 spiro atoms. The standard InChI is InChI=1S/C16H23ClN2O4S/c1-4-22-16(23-5-2)15-18-13-11-12(17)7-8-14(13)19(15)9-6-10-24(3,20)21/h7-8,11,16H,4-6,9-10H2,1-3H3. The van der Waals surface area contributed by atoms with Crippen molar-refractivity contribution in [2.75, 3.05) is 25.2 Å². The lowest BCUT2D eigenvalue weighted by Gasteiger charge is -2.18. The van der Waals surface area contributed by atoms with Gasteiger partial charge in [-0.1, -0.05) is 11.6 Å². The van der Waals surface area contributed by atoms with E-state index in [-0.39, 0.29) is 5.75 Å². The third kappa shape index (κ3) is 4.92. The normalized spacial score (nSPS) is 12.4. The Balaban J connectivity index is 2.41. The van der Waals surface area contributed by atoms with Gasteiger partial charge >= 0.3 is 0 Å². The van der Waals surface area contributed by atoms with Crippen molar-refractivity contribution in [2.45, 2.75) is 33.1 Å². The second kappa shape index (κ2) is 8.29. The predicted molar refractivity (Wildman–Crippen MR) is 95.1 cm³/mol. The molecule has 0 atom stereocenters. The second-order valence-corrected chi connectivity index (χ2v) is 8.18. The summed E-state index contributed by atoms with van der Waals surface area (Å²) in [6, 6.07) is 5.45. The number of aryl methyl sites for hydroxylation is 1. The summed E-state index contributed by atoms with van der Waals surface area (Å²) in [6.07, 6.45) is 1.14. The minimum atomic E-state index is -3.01. The molecule has 0 unspecified atom stereocenters. The molecule has 0 aliphatic rings. The average molecular weight is 375 g/mol. The molecule has 0 fully saturated rings. The van der Waals surface area contributed by atoms with Crippen LogP contribution in [0, 0.1) is 0 Å². The lowest BCUT2D eigenvalue weighted by atomic mass is 10.3. The summed E-state index contributed by atoms with van der Waals surface area (Å²) in [5.41, 5.74) is 1.62. The maximum Gasteiger partial charge on any atom is 0.217 e. The number of hydrogen-bond donors (Lipinski definition) is 0. The van der Waals surface area contributed by atoms with Gasteiger partial charge < -0.3 is 14.0 Å². The Morgan fingerprint density at radius 1 is 1.25 bits per heavy atom. The van der Waals surface area contributed by atoms with Crippen LogP contribution in [0.25, 0.3) is 11.0 Å². The quantitative estimate of drug-likeness (QED) is 0.630. The SMILES string of the molecule is CCOC(OCC)c1nc2cc(Cl)ccc2n1CCCS(C)(=O)=O. The van der Waals surface area contributed by atoms with E-state index >= 15 is 0 Å². The molecular weight excluding hydrogens is 352 g/mol. The van der Waals surface area contributed by atoms with Crippen LogP contribution >= 0.6 is 11.6 Å². The van der Waals surface area contributed by atoms with Crippen LogP contribution in [-0.2, 0) is 25.9 Å². The first-order chi connectivity index (χ1) is 11.4. The van der Waals surface area contributed by atoms with Gasteiger partial charge in [0.25, 0.3) is 0 Å². The van der Waals surface area contributed by atoms with Crippen LogP contribution in [0.3, 0.4) is 0 Å². The van der Waals surface area contributed by atoms with Gasteiger partial charge in [0.05, 0.1) is 16.8 Å². The summed E-state index contributed by atoms with van der Waals surface area (Å²) in [4.78, 5) is 4.61. The van der Waals surface area contributed by atoms with E-state index in [1.165, 1.54) is 6.26 Å². The summed E-state index contributed by atoms with van der Waals surface area (Å²) in [5.74, 6) is 0.748. The van der Waals surface area contributed by atoms with Gasteiger partial charge in [0, 0.05) is 31.0 Å². The molecule has 1 heterocycles. The van der Waals surface area contributed by atoms with Gasteiger partial charge in [-0.15, -0.1) is 0 Å². The van der Waals surface area contributed by atoms with E-state index < -0.39 is 16.1 Å². The maximum atomic E-state index is 11.4. The van der Waals surface area contributed by atoms with Crippen molar-refractivity contribution < 1.29 is 17.9 Å². The molecule has 24 heavy (non-hydrogen) atoms. The first-order valence-electron chi connectivity index (χ1n) is 7.92. The third-order valence-corrected chi connectivity index (χ3v) is 4.75. The van der Waals surface area contributed by atoms with Crippen molar-refractivity contribution >= 4 is 32.5 Å². The van der Waals surface area contributed by atoms with Crippen LogP contribution < -0.4 is 0 Å². The molecule has 6 nitrogen and oxygen atoms in total. The number of sulfone groups is 1. The number of hydrogen-bond acceptors (Lipinski definition) is 5. The first kappa shape index (κ1) is 19.2. The van der Waals surface area contributed by atoms with Gasteiger partial charge in [-0.2, -0.15) is 0 Å². The number of fused-ring (bicyclic) bond motifs is 1. The van der Waals surface area contributed by atoms with Crippen LogP contribution in [-0.4, -0.2) is 43.2 Å². The Morgan fingerprint density at radius 2 is 1.92 bits per heavy atom.